The largest absolute Gasteiger partial charge is 0.508 e. The molecule has 2 aromatic rings. The Labute approximate surface area is 128 Å². The van der Waals surface area contributed by atoms with Gasteiger partial charge < -0.3 is 5.11 Å². The molecule has 0 heterocycles. The molecular weight excluding hydrogens is 256 g/mol. The predicted molar refractivity (Wildman–Crippen MR) is 90.2 cm³/mol. The highest BCUT2D eigenvalue weighted by atomic mass is 16.3. The minimum atomic E-state index is 0.434. The van der Waals surface area contributed by atoms with E-state index in [1.165, 1.54) is 27.8 Å². The molecule has 112 valence electrons. The van der Waals surface area contributed by atoms with Gasteiger partial charge in [0.1, 0.15) is 5.75 Å². The van der Waals surface area contributed by atoms with Gasteiger partial charge in [0.15, 0.2) is 0 Å². The summed E-state index contributed by atoms with van der Waals surface area (Å²) in [5, 5.41) is 9.96. The molecule has 0 unspecified atom stereocenters. The average Bonchev–Trinajstić information content (AvgIpc) is 2.48. The Bertz CT molecular complexity index is 626. The predicted octanol–water partition coefficient (Wildman–Crippen LogP) is 5.25. The van der Waals surface area contributed by atoms with Gasteiger partial charge in [-0.2, -0.15) is 0 Å². The van der Waals surface area contributed by atoms with Crippen LogP contribution in [-0.2, 0) is 12.8 Å². The minimum Gasteiger partial charge on any atom is -0.508 e. The topological polar surface area (TPSA) is 20.2 Å². The van der Waals surface area contributed by atoms with Crippen LogP contribution >= 0.6 is 0 Å². The zero-order valence-corrected chi connectivity index (χ0v) is 13.7. The highest BCUT2D eigenvalue weighted by molar-refractivity contribution is 5.43. The van der Waals surface area contributed by atoms with E-state index in [0.717, 1.165) is 31.2 Å². The van der Waals surface area contributed by atoms with Crippen molar-refractivity contribution >= 4 is 0 Å². The van der Waals surface area contributed by atoms with Gasteiger partial charge in [0.05, 0.1) is 0 Å². The number of hydrogen-bond donors (Lipinski definition) is 1. The quantitative estimate of drug-likeness (QED) is 0.794. The van der Waals surface area contributed by atoms with Crippen LogP contribution in [0.1, 0.15) is 53.1 Å². The number of phenols is 1. The monoisotopic (exact) mass is 282 g/mol. The lowest BCUT2D eigenvalue weighted by Crippen LogP contribution is -1.97. The van der Waals surface area contributed by atoms with E-state index < -0.39 is 0 Å². The Morgan fingerprint density at radius 1 is 0.905 bits per heavy atom. The summed E-state index contributed by atoms with van der Waals surface area (Å²) in [6.07, 6.45) is 4.17. The van der Waals surface area contributed by atoms with Crippen molar-refractivity contribution in [3.05, 3.63) is 63.7 Å². The normalized spacial score (nSPS) is 10.9. The van der Waals surface area contributed by atoms with Crippen molar-refractivity contribution in [2.24, 2.45) is 0 Å². The van der Waals surface area contributed by atoms with Crippen LogP contribution in [0.5, 0.6) is 5.75 Å². The van der Waals surface area contributed by atoms with E-state index in [9.17, 15) is 5.11 Å². The smallest absolute Gasteiger partial charge is 0.118 e. The molecule has 1 N–H and O–H groups in total. The van der Waals surface area contributed by atoms with Gasteiger partial charge in [0.2, 0.25) is 0 Å². The van der Waals surface area contributed by atoms with E-state index >= 15 is 0 Å². The Hall–Kier alpha value is -1.76. The van der Waals surface area contributed by atoms with E-state index in [-0.39, 0.29) is 0 Å². The van der Waals surface area contributed by atoms with E-state index in [4.69, 9.17) is 0 Å². The molecule has 0 aliphatic heterocycles. The van der Waals surface area contributed by atoms with Gasteiger partial charge in [0.25, 0.3) is 0 Å². The van der Waals surface area contributed by atoms with Crippen LogP contribution in [0.2, 0.25) is 0 Å². The summed E-state index contributed by atoms with van der Waals surface area (Å²) in [5.74, 6) is 0.434. The zero-order chi connectivity index (χ0) is 15.4. The lowest BCUT2D eigenvalue weighted by atomic mass is 9.93. The summed E-state index contributed by atoms with van der Waals surface area (Å²) in [6, 6.07) is 10.5. The van der Waals surface area contributed by atoms with Gasteiger partial charge in [-0.05, 0) is 79.5 Å². The number of aromatic hydroxyl groups is 1. The lowest BCUT2D eigenvalue weighted by molar-refractivity contribution is 0.466. The molecule has 0 radical (unpaired) electrons. The van der Waals surface area contributed by atoms with Gasteiger partial charge >= 0.3 is 0 Å². The second-order valence-corrected chi connectivity index (χ2v) is 6.03. The van der Waals surface area contributed by atoms with Crippen molar-refractivity contribution in [2.75, 3.05) is 0 Å². The fourth-order valence-corrected chi connectivity index (χ4v) is 2.74. The van der Waals surface area contributed by atoms with Crippen molar-refractivity contribution in [1.29, 1.82) is 0 Å². The molecule has 0 saturated heterocycles. The first-order chi connectivity index (χ1) is 10.0. The molecule has 0 saturated carbocycles. The molecule has 1 nitrogen and oxygen atoms in total. The molecule has 0 bridgehead atoms. The molecule has 0 fully saturated rings. The molecule has 0 atom stereocenters. The second kappa shape index (κ2) is 6.80. The standard InChI is InChI=1S/C20H26O/c1-5-6-7-19-13-17(9-11-20(19)21)12-18-10-8-14(2)15(3)16(18)4/h8-11,13,21H,5-7,12H2,1-4H3. The summed E-state index contributed by atoms with van der Waals surface area (Å²) in [4.78, 5) is 0. The third-order valence-electron chi connectivity index (χ3n) is 4.51. The molecule has 0 aliphatic carbocycles. The minimum absolute atomic E-state index is 0.434. The van der Waals surface area contributed by atoms with Crippen LogP contribution in [0.25, 0.3) is 0 Å². The molecule has 0 spiro atoms. The van der Waals surface area contributed by atoms with Gasteiger partial charge in [-0.15, -0.1) is 0 Å². The summed E-state index contributed by atoms with van der Waals surface area (Å²) in [7, 11) is 0. The average molecular weight is 282 g/mol. The zero-order valence-electron chi connectivity index (χ0n) is 13.7. The molecule has 0 amide bonds. The summed E-state index contributed by atoms with van der Waals surface area (Å²) < 4.78 is 0. The van der Waals surface area contributed by atoms with E-state index in [0.29, 0.717) is 5.75 Å². The highest BCUT2D eigenvalue weighted by Crippen LogP contribution is 2.24. The van der Waals surface area contributed by atoms with Crippen molar-refractivity contribution < 1.29 is 5.11 Å². The molecule has 1 heteroatoms. The van der Waals surface area contributed by atoms with Crippen LogP contribution < -0.4 is 0 Å². The molecule has 0 aromatic heterocycles. The Morgan fingerprint density at radius 2 is 1.67 bits per heavy atom. The fourth-order valence-electron chi connectivity index (χ4n) is 2.74. The molecule has 21 heavy (non-hydrogen) atoms. The van der Waals surface area contributed by atoms with Gasteiger partial charge in [-0.3, -0.25) is 0 Å². The van der Waals surface area contributed by atoms with Gasteiger partial charge in [0, 0.05) is 0 Å². The van der Waals surface area contributed by atoms with Gasteiger partial charge in [-0.1, -0.05) is 37.6 Å². The van der Waals surface area contributed by atoms with E-state index in [2.05, 4.69) is 45.9 Å². The third-order valence-corrected chi connectivity index (χ3v) is 4.51. The Morgan fingerprint density at radius 3 is 2.38 bits per heavy atom. The van der Waals surface area contributed by atoms with Crippen LogP contribution in [0.3, 0.4) is 0 Å². The summed E-state index contributed by atoms with van der Waals surface area (Å²) in [6.45, 7) is 8.74. The van der Waals surface area contributed by atoms with Crippen molar-refractivity contribution in [2.45, 2.75) is 53.4 Å². The summed E-state index contributed by atoms with van der Waals surface area (Å²) >= 11 is 0. The number of benzene rings is 2. The van der Waals surface area contributed by atoms with Crippen molar-refractivity contribution in [3.8, 4) is 5.75 Å². The van der Waals surface area contributed by atoms with Crippen LogP contribution in [0.15, 0.2) is 30.3 Å². The van der Waals surface area contributed by atoms with Crippen LogP contribution in [0, 0.1) is 20.8 Å². The van der Waals surface area contributed by atoms with E-state index in [1.807, 2.05) is 12.1 Å². The van der Waals surface area contributed by atoms with E-state index in [1.54, 1.807) is 0 Å². The van der Waals surface area contributed by atoms with Crippen molar-refractivity contribution in [1.82, 2.24) is 0 Å². The Kier molecular flexibility index (Phi) is 5.06. The first kappa shape index (κ1) is 15.6. The first-order valence-electron chi connectivity index (χ1n) is 7.89. The van der Waals surface area contributed by atoms with Gasteiger partial charge in [-0.25, -0.2) is 0 Å². The maximum atomic E-state index is 9.96. The van der Waals surface area contributed by atoms with Crippen LogP contribution in [-0.4, -0.2) is 5.11 Å². The number of aryl methyl sites for hydroxylation is 2. The SMILES string of the molecule is CCCCc1cc(Cc2ccc(C)c(C)c2C)ccc1O. The second-order valence-electron chi connectivity index (χ2n) is 6.03. The Balaban J connectivity index is 2.26. The molecule has 2 rings (SSSR count). The summed E-state index contributed by atoms with van der Waals surface area (Å²) in [5.41, 5.74) is 7.87. The van der Waals surface area contributed by atoms with Crippen molar-refractivity contribution in [3.63, 3.8) is 0 Å². The molecular formula is C20H26O. The number of rotatable bonds is 5. The fraction of sp³-hybridized carbons (Fsp3) is 0.400. The maximum Gasteiger partial charge on any atom is 0.118 e. The number of hydrogen-bond acceptors (Lipinski definition) is 1. The molecule has 2 aromatic carbocycles. The number of unbranched alkanes of at least 4 members (excludes halogenated alkanes) is 1. The molecule has 0 aliphatic rings. The third kappa shape index (κ3) is 3.66. The number of phenolic OH excluding ortho intramolecular Hbond substituents is 1. The van der Waals surface area contributed by atoms with Crippen LogP contribution in [0.4, 0.5) is 0 Å². The lowest BCUT2D eigenvalue weighted by Gasteiger charge is -2.13. The highest BCUT2D eigenvalue weighted by Gasteiger charge is 2.07. The maximum absolute atomic E-state index is 9.96. The first-order valence-corrected chi connectivity index (χ1v) is 7.89.